The first kappa shape index (κ1) is 17.0. The molecule has 0 aliphatic rings. The van der Waals surface area contributed by atoms with Crippen LogP contribution in [0, 0.1) is 13.8 Å². The number of carboxylic acid groups (broad SMARTS) is 1. The number of thioether (sulfide) groups is 1. The second-order valence-corrected chi connectivity index (χ2v) is 6.33. The van der Waals surface area contributed by atoms with E-state index in [1.807, 2.05) is 26.0 Å². The van der Waals surface area contributed by atoms with E-state index in [-0.39, 0.29) is 18.2 Å². The van der Waals surface area contributed by atoms with Gasteiger partial charge in [0.25, 0.3) is 0 Å². The van der Waals surface area contributed by atoms with Gasteiger partial charge < -0.3 is 10.0 Å². The molecule has 110 valence electrons. The molecule has 0 aromatic heterocycles. The summed E-state index contributed by atoms with van der Waals surface area (Å²) < 4.78 is 1.05. The van der Waals surface area contributed by atoms with E-state index in [4.69, 9.17) is 5.11 Å². The molecule has 1 rings (SSSR count). The Morgan fingerprint density at radius 3 is 2.50 bits per heavy atom. The fraction of sp³-hybridized carbons (Fsp3) is 0.429. The molecule has 0 atom stereocenters. The Morgan fingerprint density at radius 2 is 1.95 bits per heavy atom. The van der Waals surface area contributed by atoms with E-state index in [9.17, 15) is 9.59 Å². The highest BCUT2D eigenvalue weighted by molar-refractivity contribution is 9.10. The van der Waals surface area contributed by atoms with Crippen molar-refractivity contribution in [2.75, 3.05) is 18.8 Å². The molecule has 0 spiro atoms. The molecular weight excluding hydrogens is 342 g/mol. The Hall–Kier alpha value is -1.01. The lowest BCUT2D eigenvalue weighted by Crippen LogP contribution is -2.36. The van der Waals surface area contributed by atoms with Gasteiger partial charge in [0.05, 0.1) is 5.75 Å². The van der Waals surface area contributed by atoms with Gasteiger partial charge in [-0.05, 0) is 44.0 Å². The molecule has 0 aliphatic heterocycles. The fourth-order valence-corrected chi connectivity index (χ4v) is 3.15. The molecule has 6 heteroatoms. The maximum Gasteiger partial charge on any atom is 0.323 e. The summed E-state index contributed by atoms with van der Waals surface area (Å²) in [5.41, 5.74) is 2.21. The number of aliphatic carboxylic acids is 1. The van der Waals surface area contributed by atoms with E-state index in [0.717, 1.165) is 20.5 Å². The summed E-state index contributed by atoms with van der Waals surface area (Å²) in [6.07, 6.45) is 0. The second kappa shape index (κ2) is 7.69. The van der Waals surface area contributed by atoms with Gasteiger partial charge in [0, 0.05) is 15.9 Å². The molecule has 1 aromatic carbocycles. The minimum Gasteiger partial charge on any atom is -0.480 e. The Bertz CT molecular complexity index is 519. The minimum atomic E-state index is -0.985. The third kappa shape index (κ3) is 4.83. The molecule has 4 nitrogen and oxygen atoms in total. The summed E-state index contributed by atoms with van der Waals surface area (Å²) in [5, 5.41) is 8.75. The van der Waals surface area contributed by atoms with Crippen molar-refractivity contribution in [1.82, 2.24) is 4.90 Å². The van der Waals surface area contributed by atoms with Gasteiger partial charge in [-0.25, -0.2) is 0 Å². The first-order valence-corrected chi connectivity index (χ1v) is 8.02. The molecule has 0 saturated carbocycles. The molecule has 0 aliphatic carbocycles. The minimum absolute atomic E-state index is 0.153. The maximum atomic E-state index is 12.0. The van der Waals surface area contributed by atoms with Crippen molar-refractivity contribution in [1.29, 1.82) is 0 Å². The number of halogens is 1. The second-order valence-electron chi connectivity index (χ2n) is 4.46. The molecule has 20 heavy (non-hydrogen) atoms. The van der Waals surface area contributed by atoms with Crippen LogP contribution in [-0.4, -0.2) is 40.7 Å². The number of nitrogens with zero attached hydrogens (tertiary/aromatic N) is 1. The normalized spacial score (nSPS) is 10.4. The van der Waals surface area contributed by atoms with Crippen molar-refractivity contribution >= 4 is 39.6 Å². The molecule has 0 unspecified atom stereocenters. The number of aryl methyl sites for hydroxylation is 2. The molecular formula is C14H18BrNO3S. The van der Waals surface area contributed by atoms with Gasteiger partial charge in [-0.2, -0.15) is 0 Å². The van der Waals surface area contributed by atoms with Crippen LogP contribution in [0.5, 0.6) is 0 Å². The van der Waals surface area contributed by atoms with Crippen LogP contribution in [0.1, 0.15) is 18.1 Å². The van der Waals surface area contributed by atoms with Gasteiger partial charge in [-0.3, -0.25) is 9.59 Å². The van der Waals surface area contributed by atoms with E-state index in [2.05, 4.69) is 15.9 Å². The van der Waals surface area contributed by atoms with Crippen LogP contribution in [0.4, 0.5) is 0 Å². The maximum absolute atomic E-state index is 12.0. The van der Waals surface area contributed by atoms with Crippen molar-refractivity contribution < 1.29 is 14.7 Å². The van der Waals surface area contributed by atoms with Crippen molar-refractivity contribution in [3.8, 4) is 0 Å². The smallest absolute Gasteiger partial charge is 0.323 e. The molecule has 1 amide bonds. The van der Waals surface area contributed by atoms with Crippen LogP contribution < -0.4 is 0 Å². The third-order valence-corrected chi connectivity index (χ3v) is 4.86. The van der Waals surface area contributed by atoms with Crippen molar-refractivity contribution in [3.63, 3.8) is 0 Å². The van der Waals surface area contributed by atoms with E-state index < -0.39 is 5.97 Å². The van der Waals surface area contributed by atoms with Gasteiger partial charge in [0.2, 0.25) is 5.91 Å². The number of amides is 1. The largest absolute Gasteiger partial charge is 0.480 e. The van der Waals surface area contributed by atoms with Gasteiger partial charge in [-0.15, -0.1) is 11.8 Å². The number of rotatable bonds is 6. The van der Waals surface area contributed by atoms with Gasteiger partial charge in [0.15, 0.2) is 0 Å². The summed E-state index contributed by atoms with van der Waals surface area (Å²) in [6.45, 7) is 5.93. The quantitative estimate of drug-likeness (QED) is 0.792. The first-order valence-electron chi connectivity index (χ1n) is 6.24. The van der Waals surface area contributed by atoms with Crippen molar-refractivity contribution in [3.05, 3.63) is 27.7 Å². The lowest BCUT2D eigenvalue weighted by atomic mass is 10.2. The summed E-state index contributed by atoms with van der Waals surface area (Å²) >= 11 is 4.92. The summed E-state index contributed by atoms with van der Waals surface area (Å²) in [6, 6.07) is 4.06. The SMILES string of the molecule is CCN(CC(=O)O)C(=O)CSc1cc(C)c(Br)cc1C. The highest BCUT2D eigenvalue weighted by Gasteiger charge is 2.15. The lowest BCUT2D eigenvalue weighted by molar-refractivity contribution is -0.143. The monoisotopic (exact) mass is 359 g/mol. The van der Waals surface area contributed by atoms with Crippen molar-refractivity contribution in [2.24, 2.45) is 0 Å². The number of hydrogen-bond acceptors (Lipinski definition) is 3. The highest BCUT2D eigenvalue weighted by Crippen LogP contribution is 2.28. The van der Waals surface area contributed by atoms with Crippen LogP contribution in [-0.2, 0) is 9.59 Å². The van der Waals surface area contributed by atoms with Gasteiger partial charge in [-0.1, -0.05) is 15.9 Å². The number of carboxylic acids is 1. The third-order valence-electron chi connectivity index (χ3n) is 2.87. The predicted octanol–water partition coefficient (Wildman–Crippen LogP) is 3.09. The summed E-state index contributed by atoms with van der Waals surface area (Å²) in [5.74, 6) is -0.885. The highest BCUT2D eigenvalue weighted by atomic mass is 79.9. The van der Waals surface area contributed by atoms with E-state index in [0.29, 0.717) is 6.54 Å². The van der Waals surface area contributed by atoms with E-state index in [1.54, 1.807) is 6.92 Å². The fourth-order valence-electron chi connectivity index (χ4n) is 1.68. The Kier molecular flexibility index (Phi) is 6.55. The van der Waals surface area contributed by atoms with Crippen LogP contribution in [0.3, 0.4) is 0 Å². The Morgan fingerprint density at radius 1 is 1.30 bits per heavy atom. The first-order chi connectivity index (χ1) is 9.35. The van der Waals surface area contributed by atoms with Gasteiger partial charge in [0.1, 0.15) is 6.54 Å². The zero-order valence-corrected chi connectivity index (χ0v) is 14.2. The predicted molar refractivity (Wildman–Crippen MR) is 84.2 cm³/mol. The van der Waals surface area contributed by atoms with Crippen LogP contribution in [0.25, 0.3) is 0 Å². The average molecular weight is 360 g/mol. The molecule has 0 radical (unpaired) electrons. The number of likely N-dealkylation sites (N-methyl/N-ethyl adjacent to an activating group) is 1. The zero-order valence-electron chi connectivity index (χ0n) is 11.8. The topological polar surface area (TPSA) is 57.6 Å². The molecule has 1 aromatic rings. The Labute approximate surface area is 131 Å². The Balaban J connectivity index is 2.69. The van der Waals surface area contributed by atoms with Gasteiger partial charge >= 0.3 is 5.97 Å². The number of carbonyl (C=O) groups is 2. The number of benzene rings is 1. The zero-order chi connectivity index (χ0) is 15.3. The average Bonchev–Trinajstić information content (AvgIpc) is 2.38. The van der Waals surface area contributed by atoms with Crippen LogP contribution in [0.2, 0.25) is 0 Å². The molecule has 0 fully saturated rings. The molecule has 0 heterocycles. The summed E-state index contributed by atoms with van der Waals surface area (Å²) in [7, 11) is 0. The molecule has 0 saturated heterocycles. The number of carbonyl (C=O) groups excluding carboxylic acids is 1. The van der Waals surface area contributed by atoms with Crippen LogP contribution in [0.15, 0.2) is 21.5 Å². The van der Waals surface area contributed by atoms with Crippen molar-refractivity contribution in [2.45, 2.75) is 25.7 Å². The van der Waals surface area contributed by atoms with Crippen LogP contribution >= 0.6 is 27.7 Å². The summed E-state index contributed by atoms with van der Waals surface area (Å²) in [4.78, 5) is 25.0. The molecule has 0 bridgehead atoms. The van der Waals surface area contributed by atoms with E-state index >= 15 is 0 Å². The number of hydrogen-bond donors (Lipinski definition) is 1. The standard InChI is InChI=1S/C14H18BrNO3S/c1-4-16(7-14(18)19)13(17)8-20-12-6-9(2)11(15)5-10(12)3/h5-6H,4,7-8H2,1-3H3,(H,18,19). The van der Waals surface area contributed by atoms with E-state index in [1.165, 1.54) is 16.7 Å². The lowest BCUT2D eigenvalue weighted by Gasteiger charge is -2.18. The molecule has 1 N–H and O–H groups in total.